The molecule has 0 saturated heterocycles. The molecular weight excluding hydrogens is 262 g/mol. The molecule has 1 heterocycles. The number of aromatic nitrogens is 1. The van der Waals surface area contributed by atoms with Crippen molar-refractivity contribution in [3.8, 4) is 11.3 Å². The standard InChI is InChI=1S/C14H14BrN/c1-10-2-9-14(16(10)13-7-8-13)11-3-5-12(15)6-4-11/h2-6,9,13H,7-8H2,1H3. The third kappa shape index (κ3) is 1.71. The molecule has 82 valence electrons. The van der Waals surface area contributed by atoms with Crippen LogP contribution in [0.5, 0.6) is 0 Å². The highest BCUT2D eigenvalue weighted by atomic mass is 79.9. The molecule has 3 rings (SSSR count). The third-order valence-corrected chi connectivity index (χ3v) is 3.70. The molecule has 1 aromatic carbocycles. The van der Waals surface area contributed by atoms with Gasteiger partial charge in [0, 0.05) is 21.9 Å². The summed E-state index contributed by atoms with van der Waals surface area (Å²) in [6.07, 6.45) is 2.66. The van der Waals surface area contributed by atoms with Crippen LogP contribution in [-0.2, 0) is 0 Å². The number of hydrogen-bond donors (Lipinski definition) is 0. The van der Waals surface area contributed by atoms with Gasteiger partial charge < -0.3 is 4.57 Å². The molecule has 0 aliphatic heterocycles. The second-order valence-electron chi connectivity index (χ2n) is 4.47. The van der Waals surface area contributed by atoms with Crippen molar-refractivity contribution in [2.24, 2.45) is 0 Å². The topological polar surface area (TPSA) is 4.93 Å². The Labute approximate surface area is 104 Å². The molecule has 1 nitrogen and oxygen atoms in total. The first-order valence-corrected chi connectivity index (χ1v) is 6.49. The molecule has 0 atom stereocenters. The lowest BCUT2D eigenvalue weighted by Gasteiger charge is -2.10. The maximum absolute atomic E-state index is 3.48. The summed E-state index contributed by atoms with van der Waals surface area (Å²) in [5.74, 6) is 0. The van der Waals surface area contributed by atoms with E-state index in [4.69, 9.17) is 0 Å². The summed E-state index contributed by atoms with van der Waals surface area (Å²) in [6.45, 7) is 2.20. The first kappa shape index (κ1) is 10.2. The van der Waals surface area contributed by atoms with E-state index in [1.807, 2.05) is 0 Å². The fourth-order valence-electron chi connectivity index (χ4n) is 2.22. The van der Waals surface area contributed by atoms with Crippen LogP contribution < -0.4 is 0 Å². The summed E-state index contributed by atoms with van der Waals surface area (Å²) in [4.78, 5) is 0. The van der Waals surface area contributed by atoms with Gasteiger partial charge in [0.25, 0.3) is 0 Å². The molecule has 0 spiro atoms. The van der Waals surface area contributed by atoms with E-state index in [0.29, 0.717) is 0 Å². The van der Waals surface area contributed by atoms with Gasteiger partial charge in [-0.1, -0.05) is 28.1 Å². The third-order valence-electron chi connectivity index (χ3n) is 3.17. The van der Waals surface area contributed by atoms with E-state index in [2.05, 4.69) is 63.8 Å². The SMILES string of the molecule is Cc1ccc(-c2ccc(Br)cc2)n1C1CC1. The Balaban J connectivity index is 2.08. The second kappa shape index (κ2) is 3.77. The fourth-order valence-corrected chi connectivity index (χ4v) is 2.49. The van der Waals surface area contributed by atoms with Crippen LogP contribution in [0.3, 0.4) is 0 Å². The van der Waals surface area contributed by atoms with Gasteiger partial charge >= 0.3 is 0 Å². The lowest BCUT2D eigenvalue weighted by Crippen LogP contribution is -1.98. The van der Waals surface area contributed by atoms with Gasteiger partial charge in [0.2, 0.25) is 0 Å². The van der Waals surface area contributed by atoms with Gasteiger partial charge in [0.05, 0.1) is 0 Å². The molecular formula is C14H14BrN. The van der Waals surface area contributed by atoms with Crippen LogP contribution in [-0.4, -0.2) is 4.57 Å². The van der Waals surface area contributed by atoms with Crippen molar-refractivity contribution < 1.29 is 0 Å². The van der Waals surface area contributed by atoms with Crippen molar-refractivity contribution in [2.75, 3.05) is 0 Å². The van der Waals surface area contributed by atoms with E-state index >= 15 is 0 Å². The maximum Gasteiger partial charge on any atom is 0.0485 e. The van der Waals surface area contributed by atoms with Crippen LogP contribution >= 0.6 is 15.9 Å². The summed E-state index contributed by atoms with van der Waals surface area (Å²) < 4.78 is 3.61. The number of benzene rings is 1. The highest BCUT2D eigenvalue weighted by molar-refractivity contribution is 9.10. The van der Waals surface area contributed by atoms with E-state index in [0.717, 1.165) is 10.5 Å². The average molecular weight is 276 g/mol. The van der Waals surface area contributed by atoms with Crippen LogP contribution in [0.2, 0.25) is 0 Å². The molecule has 1 fully saturated rings. The molecule has 2 aromatic rings. The van der Waals surface area contributed by atoms with Gasteiger partial charge in [0.1, 0.15) is 0 Å². The highest BCUT2D eigenvalue weighted by Gasteiger charge is 2.26. The van der Waals surface area contributed by atoms with Crippen molar-refractivity contribution in [1.29, 1.82) is 0 Å². The van der Waals surface area contributed by atoms with Crippen molar-refractivity contribution in [3.63, 3.8) is 0 Å². The average Bonchev–Trinajstić information content (AvgIpc) is 3.04. The molecule has 0 unspecified atom stereocenters. The van der Waals surface area contributed by atoms with Crippen molar-refractivity contribution in [3.05, 3.63) is 46.6 Å². The predicted octanol–water partition coefficient (Wildman–Crippen LogP) is 4.56. The number of nitrogens with zero attached hydrogens (tertiary/aromatic N) is 1. The van der Waals surface area contributed by atoms with E-state index in [-0.39, 0.29) is 0 Å². The Bertz CT molecular complexity index is 506. The van der Waals surface area contributed by atoms with Crippen LogP contribution in [0.25, 0.3) is 11.3 Å². The van der Waals surface area contributed by atoms with Crippen LogP contribution in [0, 0.1) is 6.92 Å². The predicted molar refractivity (Wildman–Crippen MR) is 70.6 cm³/mol. The number of halogens is 1. The number of rotatable bonds is 2. The van der Waals surface area contributed by atoms with E-state index < -0.39 is 0 Å². The number of hydrogen-bond acceptors (Lipinski definition) is 0. The monoisotopic (exact) mass is 275 g/mol. The van der Waals surface area contributed by atoms with Gasteiger partial charge in [0.15, 0.2) is 0 Å². The molecule has 1 aliphatic carbocycles. The molecule has 16 heavy (non-hydrogen) atoms. The van der Waals surface area contributed by atoms with Crippen LogP contribution in [0.4, 0.5) is 0 Å². The molecule has 1 aromatic heterocycles. The quantitative estimate of drug-likeness (QED) is 0.757. The van der Waals surface area contributed by atoms with Crippen molar-refractivity contribution in [1.82, 2.24) is 4.57 Å². The van der Waals surface area contributed by atoms with Gasteiger partial charge in [-0.25, -0.2) is 0 Å². The Hall–Kier alpha value is -1.02. The minimum absolute atomic E-state index is 0.744. The Morgan fingerprint density at radius 2 is 1.75 bits per heavy atom. The van der Waals surface area contributed by atoms with Crippen molar-refractivity contribution in [2.45, 2.75) is 25.8 Å². The molecule has 1 saturated carbocycles. The van der Waals surface area contributed by atoms with Crippen molar-refractivity contribution >= 4 is 15.9 Å². The second-order valence-corrected chi connectivity index (χ2v) is 5.38. The van der Waals surface area contributed by atoms with Gasteiger partial charge in [-0.2, -0.15) is 0 Å². The van der Waals surface area contributed by atoms with E-state index in [9.17, 15) is 0 Å². The van der Waals surface area contributed by atoms with Gasteiger partial charge in [-0.3, -0.25) is 0 Å². The van der Waals surface area contributed by atoms with E-state index in [1.54, 1.807) is 0 Å². The summed E-state index contributed by atoms with van der Waals surface area (Å²) in [5, 5.41) is 0. The normalized spacial score (nSPS) is 15.4. The first-order valence-electron chi connectivity index (χ1n) is 5.69. The summed E-state index contributed by atoms with van der Waals surface area (Å²) in [5.41, 5.74) is 4.04. The summed E-state index contributed by atoms with van der Waals surface area (Å²) in [6, 6.07) is 13.8. The molecule has 2 heteroatoms. The zero-order chi connectivity index (χ0) is 11.1. The van der Waals surface area contributed by atoms with Gasteiger partial charge in [-0.05, 0) is 49.6 Å². The fraction of sp³-hybridized carbons (Fsp3) is 0.286. The van der Waals surface area contributed by atoms with E-state index in [1.165, 1.54) is 29.8 Å². The zero-order valence-electron chi connectivity index (χ0n) is 9.28. The minimum Gasteiger partial charge on any atom is -0.342 e. The zero-order valence-corrected chi connectivity index (χ0v) is 10.9. The number of aryl methyl sites for hydroxylation is 1. The molecule has 0 N–H and O–H groups in total. The largest absolute Gasteiger partial charge is 0.342 e. The smallest absolute Gasteiger partial charge is 0.0485 e. The lowest BCUT2D eigenvalue weighted by atomic mass is 10.1. The molecule has 0 amide bonds. The lowest BCUT2D eigenvalue weighted by molar-refractivity contribution is 0.730. The Morgan fingerprint density at radius 3 is 2.38 bits per heavy atom. The van der Waals surface area contributed by atoms with Crippen LogP contribution in [0.15, 0.2) is 40.9 Å². The summed E-state index contributed by atoms with van der Waals surface area (Å²) in [7, 11) is 0. The molecule has 0 radical (unpaired) electrons. The summed E-state index contributed by atoms with van der Waals surface area (Å²) >= 11 is 3.48. The Kier molecular flexibility index (Phi) is 2.40. The van der Waals surface area contributed by atoms with Gasteiger partial charge in [-0.15, -0.1) is 0 Å². The highest BCUT2D eigenvalue weighted by Crippen LogP contribution is 2.40. The Morgan fingerprint density at radius 1 is 1.06 bits per heavy atom. The maximum atomic E-state index is 3.48. The first-order chi connectivity index (χ1) is 7.75. The van der Waals surface area contributed by atoms with Crippen LogP contribution in [0.1, 0.15) is 24.6 Å². The minimum atomic E-state index is 0.744. The molecule has 1 aliphatic rings. The molecule has 0 bridgehead atoms.